The van der Waals surface area contributed by atoms with Gasteiger partial charge in [0.1, 0.15) is 11.6 Å². The Morgan fingerprint density at radius 3 is 2.87 bits per heavy atom. The zero-order chi connectivity index (χ0) is 21.8. The van der Waals surface area contributed by atoms with Gasteiger partial charge in [0.2, 0.25) is 5.91 Å². The van der Waals surface area contributed by atoms with Crippen molar-refractivity contribution in [2.24, 2.45) is 0 Å². The topological polar surface area (TPSA) is 58.6 Å². The lowest BCUT2D eigenvalue weighted by atomic mass is 9.95. The van der Waals surface area contributed by atoms with Gasteiger partial charge in [-0.05, 0) is 42.0 Å². The molecule has 3 aromatic rings. The van der Waals surface area contributed by atoms with Gasteiger partial charge in [-0.25, -0.2) is 4.39 Å². The van der Waals surface area contributed by atoms with Crippen LogP contribution in [0.1, 0.15) is 40.4 Å². The second-order valence-electron chi connectivity index (χ2n) is 7.65. The number of benzene rings is 2. The van der Waals surface area contributed by atoms with Crippen molar-refractivity contribution in [3.8, 4) is 5.75 Å². The van der Waals surface area contributed by atoms with Crippen molar-refractivity contribution < 1.29 is 18.7 Å². The molecule has 2 amide bonds. The zero-order valence-electron chi connectivity index (χ0n) is 17.4. The highest BCUT2D eigenvalue weighted by Crippen LogP contribution is 2.40. The number of ether oxygens (including phenoxy) is 1. The van der Waals surface area contributed by atoms with Crippen molar-refractivity contribution in [1.82, 2.24) is 10.2 Å². The number of nitrogens with zero attached hydrogens (tertiary/aromatic N) is 1. The van der Waals surface area contributed by atoms with E-state index in [1.165, 1.54) is 23.5 Å². The molecule has 1 aliphatic rings. The third-order valence-corrected chi connectivity index (χ3v) is 6.80. The molecule has 162 valence electrons. The SMILES string of the molecule is CNC(=O)c1sc2ccccc2c1[C@@H]1CCN(C(=O)CCCOc2cccc(F)c2)C1. The summed E-state index contributed by atoms with van der Waals surface area (Å²) >= 11 is 1.51. The Labute approximate surface area is 184 Å². The van der Waals surface area contributed by atoms with Crippen LogP contribution in [-0.2, 0) is 4.79 Å². The van der Waals surface area contributed by atoms with Gasteiger partial charge in [-0.3, -0.25) is 9.59 Å². The number of thiophene rings is 1. The van der Waals surface area contributed by atoms with Gasteiger partial charge in [0.15, 0.2) is 0 Å². The van der Waals surface area contributed by atoms with E-state index in [4.69, 9.17) is 4.74 Å². The first kappa shape index (κ1) is 21.3. The lowest BCUT2D eigenvalue weighted by molar-refractivity contribution is -0.130. The number of amides is 2. The van der Waals surface area contributed by atoms with Crippen molar-refractivity contribution in [1.29, 1.82) is 0 Å². The third kappa shape index (κ3) is 4.71. The molecule has 0 unspecified atom stereocenters. The average molecular weight is 441 g/mol. The third-order valence-electron chi connectivity index (χ3n) is 5.62. The van der Waals surface area contributed by atoms with Crippen LogP contribution in [0.2, 0.25) is 0 Å². The fourth-order valence-electron chi connectivity index (χ4n) is 4.10. The minimum absolute atomic E-state index is 0.0736. The summed E-state index contributed by atoms with van der Waals surface area (Å²) in [5.41, 5.74) is 1.06. The van der Waals surface area contributed by atoms with E-state index in [1.807, 2.05) is 23.1 Å². The molecule has 1 N–H and O–H groups in total. The molecule has 7 heteroatoms. The van der Waals surface area contributed by atoms with Crippen LogP contribution in [0.15, 0.2) is 48.5 Å². The maximum atomic E-state index is 13.2. The molecule has 1 fully saturated rings. The minimum Gasteiger partial charge on any atom is -0.493 e. The van der Waals surface area contributed by atoms with Gasteiger partial charge >= 0.3 is 0 Å². The Bertz CT molecular complexity index is 1100. The van der Waals surface area contributed by atoms with Crippen LogP contribution in [0.3, 0.4) is 0 Å². The number of carbonyl (C=O) groups is 2. The molecule has 2 heterocycles. The van der Waals surface area contributed by atoms with E-state index in [9.17, 15) is 14.0 Å². The standard InChI is InChI=1S/C24H25FN2O3S/c1-26-24(29)23-22(19-8-2-3-9-20(19)31-23)16-11-12-27(15-16)21(28)10-5-13-30-18-7-4-6-17(25)14-18/h2-4,6-9,14,16H,5,10-13,15H2,1H3,(H,26,29)/t16-/m1/s1. The maximum Gasteiger partial charge on any atom is 0.261 e. The summed E-state index contributed by atoms with van der Waals surface area (Å²) in [6.07, 6.45) is 1.80. The first-order chi connectivity index (χ1) is 15.1. The highest BCUT2D eigenvalue weighted by atomic mass is 32.1. The maximum absolute atomic E-state index is 13.2. The predicted molar refractivity (Wildman–Crippen MR) is 120 cm³/mol. The number of likely N-dealkylation sites (tertiary alicyclic amines) is 1. The first-order valence-electron chi connectivity index (χ1n) is 10.5. The number of rotatable bonds is 7. The lowest BCUT2D eigenvalue weighted by Crippen LogP contribution is -2.28. The Hall–Kier alpha value is -2.93. The summed E-state index contributed by atoms with van der Waals surface area (Å²) < 4.78 is 19.8. The molecule has 2 aromatic carbocycles. The van der Waals surface area contributed by atoms with E-state index >= 15 is 0 Å². The summed E-state index contributed by atoms with van der Waals surface area (Å²) in [7, 11) is 1.65. The lowest BCUT2D eigenvalue weighted by Gasteiger charge is -2.17. The Morgan fingerprint density at radius 2 is 2.06 bits per heavy atom. The molecular formula is C24H25FN2O3S. The van der Waals surface area contributed by atoms with Gasteiger partial charge in [0, 0.05) is 43.2 Å². The summed E-state index contributed by atoms with van der Waals surface area (Å²) in [5.74, 6) is 0.298. The number of nitrogens with one attached hydrogen (secondary N) is 1. The fourth-order valence-corrected chi connectivity index (χ4v) is 5.34. The van der Waals surface area contributed by atoms with E-state index in [0.717, 1.165) is 26.9 Å². The van der Waals surface area contributed by atoms with Crippen molar-refractivity contribution in [2.75, 3.05) is 26.7 Å². The monoisotopic (exact) mass is 440 g/mol. The number of hydrogen-bond donors (Lipinski definition) is 1. The van der Waals surface area contributed by atoms with Crippen LogP contribution in [0.5, 0.6) is 5.75 Å². The molecule has 0 radical (unpaired) electrons. The quantitative estimate of drug-likeness (QED) is 0.548. The van der Waals surface area contributed by atoms with Crippen LogP contribution in [0.4, 0.5) is 4.39 Å². The molecule has 4 rings (SSSR count). The van der Waals surface area contributed by atoms with Crippen molar-refractivity contribution in [2.45, 2.75) is 25.2 Å². The van der Waals surface area contributed by atoms with Crippen LogP contribution in [0, 0.1) is 5.82 Å². The first-order valence-corrected chi connectivity index (χ1v) is 11.3. The van der Waals surface area contributed by atoms with Gasteiger partial charge < -0.3 is 15.0 Å². The molecule has 0 saturated carbocycles. The molecule has 5 nitrogen and oxygen atoms in total. The Morgan fingerprint density at radius 1 is 1.23 bits per heavy atom. The molecule has 1 atom stereocenters. The van der Waals surface area contributed by atoms with Crippen LogP contribution >= 0.6 is 11.3 Å². The van der Waals surface area contributed by atoms with Crippen LogP contribution < -0.4 is 10.1 Å². The summed E-state index contributed by atoms with van der Waals surface area (Å²) in [6.45, 7) is 1.67. The van der Waals surface area contributed by atoms with Crippen molar-refractivity contribution in [3.63, 3.8) is 0 Å². The highest BCUT2D eigenvalue weighted by molar-refractivity contribution is 7.21. The Kier molecular flexibility index (Phi) is 6.51. The molecular weight excluding hydrogens is 415 g/mol. The number of halogens is 1. The molecule has 1 aliphatic heterocycles. The fraction of sp³-hybridized carbons (Fsp3) is 0.333. The molecule has 1 saturated heterocycles. The largest absolute Gasteiger partial charge is 0.493 e. The smallest absolute Gasteiger partial charge is 0.261 e. The summed E-state index contributed by atoms with van der Waals surface area (Å²) in [5, 5.41) is 3.85. The van der Waals surface area contributed by atoms with Crippen LogP contribution in [0.25, 0.3) is 10.1 Å². The van der Waals surface area contributed by atoms with Gasteiger partial charge in [-0.1, -0.05) is 24.3 Å². The van der Waals surface area contributed by atoms with Gasteiger partial charge in [0.05, 0.1) is 11.5 Å². The highest BCUT2D eigenvalue weighted by Gasteiger charge is 2.32. The minimum atomic E-state index is -0.339. The Balaban J connectivity index is 1.37. The molecule has 1 aromatic heterocycles. The van der Waals surface area contributed by atoms with E-state index in [1.54, 1.807) is 19.2 Å². The van der Waals surface area contributed by atoms with Gasteiger partial charge in [-0.2, -0.15) is 0 Å². The number of carbonyl (C=O) groups excluding carboxylic acids is 2. The van der Waals surface area contributed by atoms with Crippen molar-refractivity contribution in [3.05, 3.63) is 64.8 Å². The molecule has 31 heavy (non-hydrogen) atoms. The van der Waals surface area contributed by atoms with Crippen molar-refractivity contribution >= 4 is 33.2 Å². The summed E-state index contributed by atoms with van der Waals surface area (Å²) in [6, 6.07) is 14.1. The van der Waals surface area contributed by atoms with E-state index in [2.05, 4.69) is 11.4 Å². The zero-order valence-corrected chi connectivity index (χ0v) is 18.2. The van der Waals surface area contributed by atoms with E-state index in [0.29, 0.717) is 38.3 Å². The second kappa shape index (κ2) is 9.47. The van der Waals surface area contributed by atoms with Gasteiger partial charge in [0.25, 0.3) is 5.91 Å². The predicted octanol–water partition coefficient (Wildman–Crippen LogP) is 4.58. The van der Waals surface area contributed by atoms with Gasteiger partial charge in [-0.15, -0.1) is 11.3 Å². The van der Waals surface area contributed by atoms with Crippen LogP contribution in [-0.4, -0.2) is 43.5 Å². The van der Waals surface area contributed by atoms with E-state index in [-0.39, 0.29) is 23.5 Å². The molecule has 0 spiro atoms. The normalized spacial score (nSPS) is 15.9. The second-order valence-corrected chi connectivity index (χ2v) is 8.71. The molecule has 0 bridgehead atoms. The summed E-state index contributed by atoms with van der Waals surface area (Å²) in [4.78, 5) is 27.8. The number of fused-ring (bicyclic) bond motifs is 1. The number of hydrogen-bond acceptors (Lipinski definition) is 4. The molecule has 0 aliphatic carbocycles. The van der Waals surface area contributed by atoms with E-state index < -0.39 is 0 Å². The average Bonchev–Trinajstić information content (AvgIpc) is 3.41.